The zero-order chi connectivity index (χ0) is 12.6. The van der Waals surface area contributed by atoms with E-state index in [-0.39, 0.29) is 5.54 Å². The van der Waals surface area contributed by atoms with Gasteiger partial charge in [-0.05, 0) is 13.3 Å². The maximum Gasteiger partial charge on any atom is 0.237 e. The molecule has 0 amide bonds. The highest BCUT2D eigenvalue weighted by atomic mass is 32.1. The number of thiazole rings is 1. The molecule has 1 fully saturated rings. The maximum absolute atomic E-state index is 5.44. The molecule has 0 bridgehead atoms. The standard InChI is InChI=1S/C12H17N3O2S/c1-12(3-5-17-8-12)13-7-9-10(16-2)14-11-15(9)4-6-18-11/h4,6,13H,3,5,7-8H2,1-2H3. The first kappa shape index (κ1) is 12.0. The Morgan fingerprint density at radius 2 is 2.56 bits per heavy atom. The molecule has 6 heteroatoms. The smallest absolute Gasteiger partial charge is 0.237 e. The lowest BCUT2D eigenvalue weighted by Gasteiger charge is -2.23. The molecule has 3 heterocycles. The summed E-state index contributed by atoms with van der Waals surface area (Å²) in [7, 11) is 1.66. The van der Waals surface area contributed by atoms with E-state index in [1.54, 1.807) is 18.4 Å². The topological polar surface area (TPSA) is 47.8 Å². The van der Waals surface area contributed by atoms with Gasteiger partial charge in [-0.25, -0.2) is 0 Å². The van der Waals surface area contributed by atoms with Gasteiger partial charge in [-0.3, -0.25) is 4.40 Å². The molecule has 98 valence electrons. The van der Waals surface area contributed by atoms with Crippen LogP contribution in [0.2, 0.25) is 0 Å². The summed E-state index contributed by atoms with van der Waals surface area (Å²) in [5.74, 6) is 0.705. The monoisotopic (exact) mass is 267 g/mol. The first-order valence-corrected chi connectivity index (χ1v) is 6.91. The molecule has 3 rings (SSSR count). The third-order valence-corrected chi connectivity index (χ3v) is 4.18. The normalized spacial score (nSPS) is 23.9. The van der Waals surface area contributed by atoms with Gasteiger partial charge in [-0.1, -0.05) is 0 Å². The minimum absolute atomic E-state index is 0.0607. The highest BCUT2D eigenvalue weighted by Crippen LogP contribution is 2.25. The summed E-state index contributed by atoms with van der Waals surface area (Å²) in [5.41, 5.74) is 1.13. The number of aromatic nitrogens is 2. The number of nitrogens with one attached hydrogen (secondary N) is 1. The minimum atomic E-state index is 0.0607. The Balaban J connectivity index is 1.82. The van der Waals surface area contributed by atoms with Crippen molar-refractivity contribution in [1.82, 2.24) is 14.7 Å². The molecule has 18 heavy (non-hydrogen) atoms. The number of rotatable bonds is 4. The van der Waals surface area contributed by atoms with Crippen LogP contribution in [0.25, 0.3) is 4.96 Å². The average Bonchev–Trinajstić information content (AvgIpc) is 3.02. The van der Waals surface area contributed by atoms with Gasteiger partial charge in [-0.2, -0.15) is 4.98 Å². The number of methoxy groups -OCH3 is 1. The van der Waals surface area contributed by atoms with Crippen molar-refractivity contribution in [3.8, 4) is 5.88 Å². The van der Waals surface area contributed by atoms with Crippen molar-refractivity contribution in [1.29, 1.82) is 0 Å². The first-order valence-electron chi connectivity index (χ1n) is 6.03. The first-order chi connectivity index (χ1) is 8.72. The van der Waals surface area contributed by atoms with Crippen molar-refractivity contribution in [3.63, 3.8) is 0 Å². The molecule has 0 aliphatic carbocycles. The number of fused-ring (bicyclic) bond motifs is 1. The van der Waals surface area contributed by atoms with Gasteiger partial charge in [0.05, 0.1) is 13.7 Å². The Kier molecular flexibility index (Phi) is 3.01. The van der Waals surface area contributed by atoms with Gasteiger partial charge < -0.3 is 14.8 Å². The molecule has 1 atom stereocenters. The van der Waals surface area contributed by atoms with Crippen LogP contribution in [-0.4, -0.2) is 35.2 Å². The van der Waals surface area contributed by atoms with Crippen molar-refractivity contribution in [3.05, 3.63) is 17.3 Å². The second-order valence-corrected chi connectivity index (χ2v) is 5.71. The molecule has 1 saturated heterocycles. The van der Waals surface area contributed by atoms with Crippen LogP contribution in [0.1, 0.15) is 19.0 Å². The number of hydrogen-bond acceptors (Lipinski definition) is 5. The molecule has 5 nitrogen and oxygen atoms in total. The second-order valence-electron chi connectivity index (χ2n) is 4.84. The SMILES string of the molecule is COc1nc2sccn2c1CNC1(C)CCOC1. The highest BCUT2D eigenvalue weighted by Gasteiger charge is 2.29. The Morgan fingerprint density at radius 1 is 1.67 bits per heavy atom. The summed E-state index contributed by atoms with van der Waals surface area (Å²) in [6.45, 7) is 4.53. The quantitative estimate of drug-likeness (QED) is 0.915. The van der Waals surface area contributed by atoms with Gasteiger partial charge in [-0.15, -0.1) is 11.3 Å². The van der Waals surface area contributed by atoms with Crippen LogP contribution >= 0.6 is 11.3 Å². The van der Waals surface area contributed by atoms with E-state index < -0.39 is 0 Å². The number of ether oxygens (including phenoxy) is 2. The molecule has 0 radical (unpaired) electrons. The fraction of sp³-hybridized carbons (Fsp3) is 0.583. The molecule has 1 N–H and O–H groups in total. The molecule has 1 aliphatic heterocycles. The van der Waals surface area contributed by atoms with Gasteiger partial charge in [0.15, 0.2) is 4.96 Å². The van der Waals surface area contributed by atoms with E-state index in [4.69, 9.17) is 9.47 Å². The number of imidazole rings is 1. The van der Waals surface area contributed by atoms with Crippen molar-refractivity contribution < 1.29 is 9.47 Å². The van der Waals surface area contributed by atoms with E-state index in [1.165, 1.54) is 0 Å². The van der Waals surface area contributed by atoms with Crippen LogP contribution in [0.15, 0.2) is 11.6 Å². The third-order valence-electron chi connectivity index (χ3n) is 3.42. The molecule has 1 aliphatic rings. The van der Waals surface area contributed by atoms with E-state index in [0.717, 1.165) is 36.8 Å². The third kappa shape index (κ3) is 2.00. The average molecular weight is 267 g/mol. The molecule has 0 aromatic carbocycles. The molecule has 0 saturated carbocycles. The summed E-state index contributed by atoms with van der Waals surface area (Å²) in [4.78, 5) is 5.42. The van der Waals surface area contributed by atoms with Crippen molar-refractivity contribution in [2.24, 2.45) is 0 Å². The fourth-order valence-electron chi connectivity index (χ4n) is 2.24. The lowest BCUT2D eigenvalue weighted by molar-refractivity contribution is 0.171. The predicted octanol–water partition coefficient (Wildman–Crippen LogP) is 1.67. The maximum atomic E-state index is 5.44. The van der Waals surface area contributed by atoms with Crippen LogP contribution in [-0.2, 0) is 11.3 Å². The largest absolute Gasteiger partial charge is 0.480 e. The zero-order valence-corrected chi connectivity index (χ0v) is 11.4. The Hall–Kier alpha value is -1.11. The van der Waals surface area contributed by atoms with Crippen LogP contribution < -0.4 is 10.1 Å². The molecule has 0 spiro atoms. The van der Waals surface area contributed by atoms with Crippen LogP contribution in [0, 0.1) is 0 Å². The lowest BCUT2D eigenvalue weighted by Crippen LogP contribution is -2.42. The number of hydrogen-bond donors (Lipinski definition) is 1. The Morgan fingerprint density at radius 3 is 3.28 bits per heavy atom. The van der Waals surface area contributed by atoms with E-state index in [9.17, 15) is 0 Å². The highest BCUT2D eigenvalue weighted by molar-refractivity contribution is 7.15. The van der Waals surface area contributed by atoms with E-state index >= 15 is 0 Å². The zero-order valence-electron chi connectivity index (χ0n) is 10.6. The van der Waals surface area contributed by atoms with Crippen LogP contribution in [0.5, 0.6) is 5.88 Å². The summed E-state index contributed by atoms with van der Waals surface area (Å²) in [5, 5.41) is 5.59. The van der Waals surface area contributed by atoms with Crippen molar-refractivity contribution >= 4 is 16.3 Å². The summed E-state index contributed by atoms with van der Waals surface area (Å²) < 4.78 is 12.9. The Labute approximate surface area is 110 Å². The molecule has 2 aromatic rings. The van der Waals surface area contributed by atoms with Crippen LogP contribution in [0.3, 0.4) is 0 Å². The summed E-state index contributed by atoms with van der Waals surface area (Å²) in [6, 6.07) is 0. The van der Waals surface area contributed by atoms with Gasteiger partial charge >= 0.3 is 0 Å². The van der Waals surface area contributed by atoms with Crippen LogP contribution in [0.4, 0.5) is 0 Å². The van der Waals surface area contributed by atoms with Gasteiger partial charge in [0.1, 0.15) is 5.69 Å². The van der Waals surface area contributed by atoms with Gasteiger partial charge in [0.25, 0.3) is 0 Å². The molecular weight excluding hydrogens is 250 g/mol. The number of nitrogens with zero attached hydrogens (tertiary/aromatic N) is 2. The molecular formula is C12H17N3O2S. The van der Waals surface area contributed by atoms with Gasteiger partial charge in [0.2, 0.25) is 5.88 Å². The minimum Gasteiger partial charge on any atom is -0.480 e. The van der Waals surface area contributed by atoms with E-state index in [2.05, 4.69) is 21.6 Å². The van der Waals surface area contributed by atoms with Crippen molar-refractivity contribution in [2.75, 3.05) is 20.3 Å². The second kappa shape index (κ2) is 4.53. The van der Waals surface area contributed by atoms with E-state index in [0.29, 0.717) is 5.88 Å². The summed E-state index contributed by atoms with van der Waals surface area (Å²) in [6.07, 6.45) is 3.07. The molecule has 2 aromatic heterocycles. The lowest BCUT2D eigenvalue weighted by atomic mass is 10.0. The Bertz CT molecular complexity index is 543. The summed E-state index contributed by atoms with van der Waals surface area (Å²) >= 11 is 1.61. The fourth-order valence-corrected chi connectivity index (χ4v) is 2.97. The van der Waals surface area contributed by atoms with Crippen molar-refractivity contribution in [2.45, 2.75) is 25.4 Å². The predicted molar refractivity (Wildman–Crippen MR) is 70.3 cm³/mol. The van der Waals surface area contributed by atoms with E-state index in [1.807, 2.05) is 11.6 Å². The van der Waals surface area contributed by atoms with Gasteiger partial charge in [0, 0.05) is 30.3 Å². The molecule has 1 unspecified atom stereocenters.